The van der Waals surface area contributed by atoms with Crippen molar-refractivity contribution in [1.29, 1.82) is 0 Å². The van der Waals surface area contributed by atoms with Crippen molar-refractivity contribution in [1.82, 2.24) is 0 Å². The highest BCUT2D eigenvalue weighted by Gasteiger charge is 2.41. The number of hydrogen-bond acceptors (Lipinski definition) is 7. The Morgan fingerprint density at radius 1 is 0.949 bits per heavy atom. The molecule has 2 heterocycles. The lowest BCUT2D eigenvalue weighted by molar-refractivity contribution is -0.222. The molecule has 1 aliphatic carbocycles. The third-order valence-corrected chi connectivity index (χ3v) is 8.10. The Kier molecular flexibility index (Phi) is 7.28. The minimum absolute atomic E-state index is 0.0114. The highest BCUT2D eigenvalue weighted by atomic mass is 16.7. The van der Waals surface area contributed by atoms with Gasteiger partial charge in [-0.15, -0.1) is 5.73 Å². The summed E-state index contributed by atoms with van der Waals surface area (Å²) in [6, 6.07) is 22.8. The van der Waals surface area contributed by atoms with Gasteiger partial charge in [0.15, 0.2) is 17.8 Å². The number of aliphatic hydroxyl groups is 3. The van der Waals surface area contributed by atoms with Crippen molar-refractivity contribution in [2.24, 2.45) is 11.8 Å². The number of rotatable bonds is 6. The molecule has 2 aliphatic heterocycles. The molecule has 3 aliphatic rings. The maximum atomic E-state index is 10.7. The molecule has 3 aromatic carbocycles. The fraction of sp³-hybridized carbons (Fsp3) is 0.344. The molecule has 7 heteroatoms. The molecule has 3 N–H and O–H groups in total. The second-order valence-electron chi connectivity index (χ2n) is 10.3. The first kappa shape index (κ1) is 25.8. The maximum Gasteiger partial charge on any atom is 0.231 e. The molecule has 0 amide bonds. The second kappa shape index (κ2) is 11.0. The number of hydrogen-bond donors (Lipinski definition) is 3. The molecule has 3 unspecified atom stereocenters. The molecule has 0 saturated carbocycles. The fourth-order valence-electron chi connectivity index (χ4n) is 6.06. The molecule has 6 rings (SSSR count). The van der Waals surface area contributed by atoms with E-state index in [0.717, 1.165) is 16.7 Å². The topological polar surface area (TPSA) is 97.6 Å². The van der Waals surface area contributed by atoms with Gasteiger partial charge >= 0.3 is 0 Å². The summed E-state index contributed by atoms with van der Waals surface area (Å²) in [7, 11) is 0. The summed E-state index contributed by atoms with van der Waals surface area (Å²) in [4.78, 5) is 0. The smallest absolute Gasteiger partial charge is 0.231 e. The van der Waals surface area contributed by atoms with E-state index in [4.69, 9.17) is 18.9 Å². The van der Waals surface area contributed by atoms with Crippen LogP contribution < -0.4 is 9.47 Å². The molecule has 0 spiro atoms. The number of fused-ring (bicyclic) bond motifs is 2. The zero-order valence-corrected chi connectivity index (χ0v) is 21.5. The van der Waals surface area contributed by atoms with Gasteiger partial charge in [0, 0.05) is 18.1 Å². The van der Waals surface area contributed by atoms with Crippen LogP contribution in [0.1, 0.15) is 22.6 Å². The summed E-state index contributed by atoms with van der Waals surface area (Å²) in [5.74, 6) is 1.06. The Balaban J connectivity index is 1.39. The summed E-state index contributed by atoms with van der Waals surface area (Å²) in [5, 5.41) is 31.4. The monoisotopic (exact) mass is 528 g/mol. The van der Waals surface area contributed by atoms with E-state index in [9.17, 15) is 15.3 Å². The first-order chi connectivity index (χ1) is 19.1. The van der Waals surface area contributed by atoms with Gasteiger partial charge in [-0.25, -0.2) is 0 Å². The van der Waals surface area contributed by atoms with Crippen LogP contribution in [0.5, 0.6) is 11.5 Å². The van der Waals surface area contributed by atoms with Gasteiger partial charge in [-0.1, -0.05) is 61.2 Å². The Labute approximate surface area is 227 Å². The Morgan fingerprint density at radius 3 is 2.56 bits per heavy atom. The molecule has 0 aromatic heterocycles. The van der Waals surface area contributed by atoms with Gasteiger partial charge in [0.25, 0.3) is 0 Å². The van der Waals surface area contributed by atoms with E-state index in [1.807, 2.05) is 36.4 Å². The van der Waals surface area contributed by atoms with Crippen molar-refractivity contribution < 1.29 is 34.3 Å². The van der Waals surface area contributed by atoms with Crippen LogP contribution in [-0.2, 0) is 15.9 Å². The lowest BCUT2D eigenvalue weighted by Gasteiger charge is -2.41. The zero-order chi connectivity index (χ0) is 26.9. The van der Waals surface area contributed by atoms with Crippen molar-refractivity contribution >= 4 is 0 Å². The molecule has 0 radical (unpaired) electrons. The van der Waals surface area contributed by atoms with Crippen LogP contribution in [0.15, 0.2) is 84.6 Å². The third-order valence-electron chi connectivity index (χ3n) is 8.10. The molecule has 202 valence electrons. The molecule has 6 atom stereocenters. The average molecular weight is 529 g/mol. The van der Waals surface area contributed by atoms with E-state index in [0.29, 0.717) is 17.9 Å². The van der Waals surface area contributed by atoms with Gasteiger partial charge < -0.3 is 34.3 Å². The molecule has 0 bridgehead atoms. The van der Waals surface area contributed by atoms with Gasteiger partial charge in [-0.2, -0.15) is 0 Å². The van der Waals surface area contributed by atoms with Crippen LogP contribution in [0, 0.1) is 11.8 Å². The van der Waals surface area contributed by atoms with E-state index in [1.54, 1.807) is 0 Å². The molecular weight excluding hydrogens is 496 g/mol. The average Bonchev–Trinajstić information content (AvgIpc) is 3.44. The second-order valence-corrected chi connectivity index (χ2v) is 10.3. The zero-order valence-electron chi connectivity index (χ0n) is 21.5. The number of benzene rings is 3. The van der Waals surface area contributed by atoms with Crippen LogP contribution in [0.3, 0.4) is 0 Å². The molecule has 1 saturated heterocycles. The van der Waals surface area contributed by atoms with Gasteiger partial charge in [0.1, 0.15) is 12.2 Å². The van der Waals surface area contributed by atoms with Crippen molar-refractivity contribution in [2.45, 2.75) is 30.8 Å². The van der Waals surface area contributed by atoms with Gasteiger partial charge in [-0.3, -0.25) is 0 Å². The summed E-state index contributed by atoms with van der Waals surface area (Å²) >= 11 is 0. The molecule has 3 aromatic rings. The van der Waals surface area contributed by atoms with Crippen LogP contribution in [0.4, 0.5) is 0 Å². The van der Waals surface area contributed by atoms with E-state index in [2.05, 4.69) is 42.6 Å². The van der Waals surface area contributed by atoms with Gasteiger partial charge in [-0.05, 0) is 58.2 Å². The van der Waals surface area contributed by atoms with Crippen LogP contribution in [-0.4, -0.2) is 60.4 Å². The maximum absolute atomic E-state index is 10.7. The summed E-state index contributed by atoms with van der Waals surface area (Å²) in [6.07, 6.45) is -2.42. The molecule has 39 heavy (non-hydrogen) atoms. The largest absolute Gasteiger partial charge is 0.454 e. The van der Waals surface area contributed by atoms with E-state index < -0.39 is 18.5 Å². The first-order valence-corrected chi connectivity index (χ1v) is 13.2. The van der Waals surface area contributed by atoms with Gasteiger partial charge in [0.05, 0.1) is 13.2 Å². The standard InChI is InChI=1S/C32H32O7/c1-2-24-27(34)17-37-32(31(24)35)36-16-26-23(15-33)12-21-9-8-20(19-6-4-3-5-7-19)13-25(21)30(26)22-10-11-28-29(14-22)39-18-38-28/h3-11,13-14,23,26-27,30-35H,1,12,15-18H2/t23?,26?,27-,30?,31-,32-/m1/s1. The Morgan fingerprint density at radius 2 is 1.77 bits per heavy atom. The normalized spacial score (nSPS) is 27.6. The van der Waals surface area contributed by atoms with E-state index in [1.165, 1.54) is 11.1 Å². The van der Waals surface area contributed by atoms with E-state index in [-0.39, 0.29) is 49.9 Å². The van der Waals surface area contributed by atoms with Crippen molar-refractivity contribution in [3.05, 3.63) is 101 Å². The predicted molar refractivity (Wildman–Crippen MR) is 144 cm³/mol. The first-order valence-electron chi connectivity index (χ1n) is 13.2. The summed E-state index contributed by atoms with van der Waals surface area (Å²) < 4.78 is 23.1. The quantitative estimate of drug-likeness (QED) is 0.419. The highest BCUT2D eigenvalue weighted by molar-refractivity contribution is 5.66. The molecule has 7 nitrogen and oxygen atoms in total. The lowest BCUT2D eigenvalue weighted by Crippen LogP contribution is -2.46. The third kappa shape index (κ3) is 4.90. The van der Waals surface area contributed by atoms with Crippen LogP contribution in [0.25, 0.3) is 11.1 Å². The fourth-order valence-corrected chi connectivity index (χ4v) is 6.06. The Hall–Kier alpha value is -3.42. The predicted octanol–water partition coefficient (Wildman–Crippen LogP) is 3.80. The van der Waals surface area contributed by atoms with Crippen molar-refractivity contribution in [2.75, 3.05) is 26.6 Å². The summed E-state index contributed by atoms with van der Waals surface area (Å²) in [6.45, 7) is 3.97. The van der Waals surface area contributed by atoms with Crippen molar-refractivity contribution in [3.8, 4) is 22.6 Å². The highest BCUT2D eigenvalue weighted by Crippen LogP contribution is 2.47. The number of ether oxygens (including phenoxy) is 4. The molecule has 1 fully saturated rings. The minimum Gasteiger partial charge on any atom is -0.454 e. The van der Waals surface area contributed by atoms with Crippen LogP contribution >= 0.6 is 0 Å². The Bertz CT molecular complexity index is 1380. The van der Waals surface area contributed by atoms with Crippen LogP contribution in [0.2, 0.25) is 0 Å². The number of aliphatic hydroxyl groups excluding tert-OH is 3. The van der Waals surface area contributed by atoms with Crippen molar-refractivity contribution in [3.63, 3.8) is 0 Å². The molecular formula is C32H32O7. The van der Waals surface area contributed by atoms with Gasteiger partial charge in [0.2, 0.25) is 6.79 Å². The van der Waals surface area contributed by atoms with E-state index >= 15 is 0 Å². The lowest BCUT2D eigenvalue weighted by atomic mass is 9.66. The SMILES string of the molecule is C=C=C1[C@H](O)CO[C@@H](OCC2C(CO)Cc3ccc(-c4ccccc4)cc3C2c2ccc3c(c2)OCO3)[C@@H]1O. The minimum atomic E-state index is -1.18. The summed E-state index contributed by atoms with van der Waals surface area (Å²) in [5.41, 5.74) is 8.51.